The van der Waals surface area contributed by atoms with Crippen LogP contribution in [0.5, 0.6) is 0 Å². The quantitative estimate of drug-likeness (QED) is 0.917. The first-order chi connectivity index (χ1) is 10.5. The van der Waals surface area contributed by atoms with E-state index in [1.165, 1.54) is 11.8 Å². The third-order valence-corrected chi connectivity index (χ3v) is 3.69. The molecule has 0 radical (unpaired) electrons. The summed E-state index contributed by atoms with van der Waals surface area (Å²) in [6.07, 6.45) is 0. The van der Waals surface area contributed by atoms with Gasteiger partial charge >= 0.3 is 0 Å². The first kappa shape index (κ1) is 16.3. The Morgan fingerprint density at radius 1 is 1.05 bits per heavy atom. The number of hydrogen-bond acceptors (Lipinski definition) is 2. The molecule has 114 valence electrons. The van der Waals surface area contributed by atoms with Crippen LogP contribution in [-0.2, 0) is 9.59 Å². The van der Waals surface area contributed by atoms with Crippen LogP contribution in [0.2, 0.25) is 10.0 Å². The van der Waals surface area contributed by atoms with Gasteiger partial charge in [-0.15, -0.1) is 0 Å². The van der Waals surface area contributed by atoms with Gasteiger partial charge in [-0.1, -0.05) is 41.4 Å². The highest BCUT2D eigenvalue weighted by molar-refractivity contribution is 6.42. The van der Waals surface area contributed by atoms with E-state index < -0.39 is 0 Å². The van der Waals surface area contributed by atoms with Crippen molar-refractivity contribution in [1.29, 1.82) is 0 Å². The number of halogens is 2. The van der Waals surface area contributed by atoms with Gasteiger partial charge in [-0.05, 0) is 30.3 Å². The molecule has 2 aromatic carbocycles. The van der Waals surface area contributed by atoms with Crippen molar-refractivity contribution >= 4 is 46.4 Å². The number of benzene rings is 2. The number of nitrogens with zero attached hydrogens (tertiary/aromatic N) is 1. The highest BCUT2D eigenvalue weighted by Gasteiger charge is 2.15. The molecule has 0 atom stereocenters. The fraction of sp³-hybridized carbons (Fsp3) is 0.125. The fourth-order valence-corrected chi connectivity index (χ4v) is 2.21. The second kappa shape index (κ2) is 7.29. The molecule has 2 rings (SSSR count). The van der Waals surface area contributed by atoms with Crippen molar-refractivity contribution in [3.05, 3.63) is 58.6 Å². The molecule has 22 heavy (non-hydrogen) atoms. The molecular weight excluding hydrogens is 323 g/mol. The summed E-state index contributed by atoms with van der Waals surface area (Å²) >= 11 is 11.7. The number of amides is 2. The zero-order valence-corrected chi connectivity index (χ0v) is 13.4. The monoisotopic (exact) mass is 336 g/mol. The summed E-state index contributed by atoms with van der Waals surface area (Å²) in [5.74, 6) is -0.534. The van der Waals surface area contributed by atoms with Gasteiger partial charge in [0.05, 0.1) is 10.0 Å². The lowest BCUT2D eigenvalue weighted by Crippen LogP contribution is -2.36. The molecule has 0 unspecified atom stereocenters. The predicted octanol–water partition coefficient (Wildman–Crippen LogP) is 3.99. The lowest BCUT2D eigenvalue weighted by atomic mass is 10.2. The summed E-state index contributed by atoms with van der Waals surface area (Å²) < 4.78 is 0. The predicted molar refractivity (Wildman–Crippen MR) is 89.6 cm³/mol. The van der Waals surface area contributed by atoms with Crippen LogP contribution in [0.3, 0.4) is 0 Å². The van der Waals surface area contributed by atoms with Gasteiger partial charge in [0, 0.05) is 18.3 Å². The number of carbonyl (C=O) groups excluding carboxylic acids is 2. The van der Waals surface area contributed by atoms with Crippen LogP contribution >= 0.6 is 23.2 Å². The van der Waals surface area contributed by atoms with Crippen LogP contribution in [0.1, 0.15) is 6.92 Å². The van der Waals surface area contributed by atoms with Crippen molar-refractivity contribution in [2.75, 3.05) is 16.8 Å². The highest BCUT2D eigenvalue weighted by Crippen LogP contribution is 2.25. The van der Waals surface area contributed by atoms with Crippen LogP contribution in [-0.4, -0.2) is 18.4 Å². The SMILES string of the molecule is CC(=O)N(CC(=O)Nc1ccc(Cl)c(Cl)c1)c1ccccc1. The molecule has 2 amide bonds. The van der Waals surface area contributed by atoms with Crippen molar-refractivity contribution < 1.29 is 9.59 Å². The van der Waals surface area contributed by atoms with E-state index in [9.17, 15) is 9.59 Å². The zero-order valence-electron chi connectivity index (χ0n) is 11.8. The summed E-state index contributed by atoms with van der Waals surface area (Å²) in [6, 6.07) is 13.8. The molecular formula is C16H14Cl2N2O2. The number of rotatable bonds is 4. The molecule has 0 aliphatic carbocycles. The van der Waals surface area contributed by atoms with Crippen molar-refractivity contribution in [2.45, 2.75) is 6.92 Å². The van der Waals surface area contributed by atoms with E-state index in [0.717, 1.165) is 0 Å². The largest absolute Gasteiger partial charge is 0.324 e. The molecule has 4 nitrogen and oxygen atoms in total. The molecule has 1 N–H and O–H groups in total. The summed E-state index contributed by atoms with van der Waals surface area (Å²) in [4.78, 5) is 25.2. The molecule has 0 heterocycles. The van der Waals surface area contributed by atoms with Crippen molar-refractivity contribution in [3.8, 4) is 0 Å². The first-order valence-electron chi connectivity index (χ1n) is 6.55. The van der Waals surface area contributed by atoms with E-state index in [2.05, 4.69) is 5.32 Å². The van der Waals surface area contributed by atoms with Gasteiger partial charge in [0.15, 0.2) is 0 Å². The highest BCUT2D eigenvalue weighted by atomic mass is 35.5. The molecule has 0 aliphatic rings. The summed E-state index contributed by atoms with van der Waals surface area (Å²) in [7, 11) is 0. The van der Waals surface area contributed by atoms with Crippen molar-refractivity contribution in [2.24, 2.45) is 0 Å². The number of hydrogen-bond donors (Lipinski definition) is 1. The third kappa shape index (κ3) is 4.23. The zero-order chi connectivity index (χ0) is 16.1. The Hall–Kier alpha value is -2.04. The van der Waals surface area contributed by atoms with Crippen LogP contribution in [0.25, 0.3) is 0 Å². The Morgan fingerprint density at radius 3 is 2.32 bits per heavy atom. The summed E-state index contributed by atoms with van der Waals surface area (Å²) in [6.45, 7) is 1.33. The molecule has 0 bridgehead atoms. The Bertz CT molecular complexity index is 690. The van der Waals surface area contributed by atoms with Gasteiger partial charge in [-0.3, -0.25) is 9.59 Å². The van der Waals surface area contributed by atoms with Crippen LogP contribution in [0.4, 0.5) is 11.4 Å². The Labute approximate surface area is 138 Å². The maximum Gasteiger partial charge on any atom is 0.244 e. The lowest BCUT2D eigenvalue weighted by Gasteiger charge is -2.20. The minimum Gasteiger partial charge on any atom is -0.324 e. The van der Waals surface area contributed by atoms with E-state index in [4.69, 9.17) is 23.2 Å². The van der Waals surface area contributed by atoms with Gasteiger partial charge < -0.3 is 10.2 Å². The molecule has 0 aromatic heterocycles. The van der Waals surface area contributed by atoms with E-state index in [0.29, 0.717) is 21.4 Å². The van der Waals surface area contributed by atoms with Gasteiger partial charge in [0.1, 0.15) is 6.54 Å². The van der Waals surface area contributed by atoms with Crippen molar-refractivity contribution in [3.63, 3.8) is 0 Å². The van der Waals surface area contributed by atoms with E-state index in [1.54, 1.807) is 30.3 Å². The minimum absolute atomic E-state index is 0.0837. The number of anilines is 2. The average Bonchev–Trinajstić information content (AvgIpc) is 2.49. The maximum atomic E-state index is 12.1. The Morgan fingerprint density at radius 2 is 1.73 bits per heavy atom. The molecule has 0 aliphatic heterocycles. The second-order valence-electron chi connectivity index (χ2n) is 4.62. The third-order valence-electron chi connectivity index (χ3n) is 2.95. The number of carbonyl (C=O) groups is 2. The van der Waals surface area contributed by atoms with E-state index in [1.807, 2.05) is 18.2 Å². The number of nitrogens with one attached hydrogen (secondary N) is 1. The number of para-hydroxylation sites is 1. The molecule has 0 saturated heterocycles. The maximum absolute atomic E-state index is 12.1. The van der Waals surface area contributed by atoms with Gasteiger partial charge in [0.25, 0.3) is 0 Å². The second-order valence-corrected chi connectivity index (χ2v) is 5.43. The fourth-order valence-electron chi connectivity index (χ4n) is 1.91. The van der Waals surface area contributed by atoms with Crippen LogP contribution < -0.4 is 10.2 Å². The molecule has 0 fully saturated rings. The van der Waals surface area contributed by atoms with Gasteiger partial charge in [-0.25, -0.2) is 0 Å². The van der Waals surface area contributed by atoms with E-state index >= 15 is 0 Å². The minimum atomic E-state index is -0.322. The van der Waals surface area contributed by atoms with Crippen molar-refractivity contribution in [1.82, 2.24) is 0 Å². The van der Waals surface area contributed by atoms with Gasteiger partial charge in [-0.2, -0.15) is 0 Å². The van der Waals surface area contributed by atoms with E-state index in [-0.39, 0.29) is 18.4 Å². The lowest BCUT2D eigenvalue weighted by molar-refractivity contribution is -0.120. The smallest absolute Gasteiger partial charge is 0.244 e. The normalized spacial score (nSPS) is 10.1. The molecule has 0 saturated carbocycles. The van der Waals surface area contributed by atoms with Gasteiger partial charge in [0.2, 0.25) is 11.8 Å². The Balaban J connectivity index is 2.08. The van der Waals surface area contributed by atoms with Crippen LogP contribution in [0, 0.1) is 0 Å². The van der Waals surface area contributed by atoms with Crippen LogP contribution in [0.15, 0.2) is 48.5 Å². The molecule has 0 spiro atoms. The summed E-state index contributed by atoms with van der Waals surface area (Å²) in [5.41, 5.74) is 1.19. The molecule has 2 aromatic rings. The molecule has 6 heteroatoms. The standard InChI is InChI=1S/C16H14Cl2N2O2/c1-11(21)20(13-5-3-2-4-6-13)10-16(22)19-12-7-8-14(17)15(18)9-12/h2-9H,10H2,1H3,(H,19,22). The average molecular weight is 337 g/mol. The first-order valence-corrected chi connectivity index (χ1v) is 7.31. The summed E-state index contributed by atoms with van der Waals surface area (Å²) in [5, 5.41) is 3.45. The topological polar surface area (TPSA) is 49.4 Å². The Kier molecular flexibility index (Phi) is 5.41.